The van der Waals surface area contributed by atoms with E-state index in [9.17, 15) is 0 Å². The molecule has 2 aromatic rings. The fourth-order valence-electron chi connectivity index (χ4n) is 2.62. The molecule has 1 aromatic heterocycles. The van der Waals surface area contributed by atoms with E-state index in [1.165, 1.54) is 29.2 Å². The summed E-state index contributed by atoms with van der Waals surface area (Å²) in [6.07, 6.45) is 4.43. The maximum Gasteiger partial charge on any atom is 0.136 e. The molecule has 1 aromatic carbocycles. The first-order chi connectivity index (χ1) is 8.40. The van der Waals surface area contributed by atoms with Gasteiger partial charge in [0.25, 0.3) is 0 Å². The Labute approximate surface area is 101 Å². The number of nitrogens with two attached hydrogens (primary N) is 1. The smallest absolute Gasteiger partial charge is 0.136 e. The van der Waals surface area contributed by atoms with Gasteiger partial charge in [-0.3, -0.25) is 0 Å². The van der Waals surface area contributed by atoms with Crippen LogP contribution in [-0.2, 0) is 6.54 Å². The fourth-order valence-corrected chi connectivity index (χ4v) is 2.62. The van der Waals surface area contributed by atoms with Crippen LogP contribution >= 0.6 is 0 Å². The van der Waals surface area contributed by atoms with Gasteiger partial charge in [0.15, 0.2) is 0 Å². The van der Waals surface area contributed by atoms with Crippen LogP contribution in [0.5, 0.6) is 0 Å². The van der Waals surface area contributed by atoms with Gasteiger partial charge in [-0.05, 0) is 29.9 Å². The zero-order valence-corrected chi connectivity index (χ0v) is 9.89. The molecule has 3 heteroatoms. The summed E-state index contributed by atoms with van der Waals surface area (Å²) in [5, 5.41) is 2.48. The number of nitrogens with zero attached hydrogens (tertiary/aromatic N) is 2. The van der Waals surface area contributed by atoms with Crippen LogP contribution in [0, 0.1) is 0 Å². The fraction of sp³-hybridized carbons (Fsp3) is 0.357. The first-order valence-electron chi connectivity index (χ1n) is 6.22. The third-order valence-electron chi connectivity index (χ3n) is 3.48. The lowest BCUT2D eigenvalue weighted by Gasteiger charge is -2.19. The van der Waals surface area contributed by atoms with E-state index in [4.69, 9.17) is 5.73 Å². The van der Waals surface area contributed by atoms with Crippen LogP contribution in [0.15, 0.2) is 30.5 Å². The molecule has 0 saturated carbocycles. The summed E-state index contributed by atoms with van der Waals surface area (Å²) in [6.45, 7) is 2.81. The van der Waals surface area contributed by atoms with Crippen molar-refractivity contribution in [2.24, 2.45) is 5.73 Å². The third-order valence-corrected chi connectivity index (χ3v) is 3.48. The van der Waals surface area contributed by atoms with Crippen LogP contribution in [0.25, 0.3) is 10.8 Å². The van der Waals surface area contributed by atoms with Crippen LogP contribution in [0.1, 0.15) is 18.4 Å². The molecule has 1 aliphatic heterocycles. The largest absolute Gasteiger partial charge is 0.356 e. The number of pyridine rings is 1. The zero-order chi connectivity index (χ0) is 11.7. The van der Waals surface area contributed by atoms with Gasteiger partial charge >= 0.3 is 0 Å². The minimum absolute atomic E-state index is 0.573. The Bertz CT molecular complexity index is 525. The number of rotatable bonds is 2. The second-order valence-electron chi connectivity index (χ2n) is 4.55. The monoisotopic (exact) mass is 227 g/mol. The second kappa shape index (κ2) is 4.34. The minimum Gasteiger partial charge on any atom is -0.356 e. The molecular formula is C14H17N3. The number of fused-ring (bicyclic) bond motifs is 1. The van der Waals surface area contributed by atoms with Crippen molar-refractivity contribution < 1.29 is 0 Å². The van der Waals surface area contributed by atoms with Crippen molar-refractivity contribution in [1.82, 2.24) is 4.98 Å². The van der Waals surface area contributed by atoms with E-state index < -0.39 is 0 Å². The van der Waals surface area contributed by atoms with Gasteiger partial charge in [-0.25, -0.2) is 4.98 Å². The van der Waals surface area contributed by atoms with E-state index in [0.29, 0.717) is 6.54 Å². The molecule has 0 atom stereocenters. The van der Waals surface area contributed by atoms with Gasteiger partial charge < -0.3 is 10.6 Å². The standard InChI is InChI=1S/C14H17N3/c15-10-12-5-3-4-11-6-7-16-14(13(11)12)17-8-1-2-9-17/h3-7H,1-2,8-10,15H2. The lowest BCUT2D eigenvalue weighted by atomic mass is 10.1. The van der Waals surface area contributed by atoms with Crippen molar-refractivity contribution in [2.75, 3.05) is 18.0 Å². The van der Waals surface area contributed by atoms with E-state index >= 15 is 0 Å². The molecule has 2 heterocycles. The highest BCUT2D eigenvalue weighted by Gasteiger charge is 2.17. The summed E-state index contributed by atoms with van der Waals surface area (Å²) in [7, 11) is 0. The summed E-state index contributed by atoms with van der Waals surface area (Å²) in [6, 6.07) is 8.37. The van der Waals surface area contributed by atoms with E-state index in [0.717, 1.165) is 18.9 Å². The van der Waals surface area contributed by atoms with Gasteiger partial charge in [0.05, 0.1) is 0 Å². The van der Waals surface area contributed by atoms with Crippen molar-refractivity contribution in [3.05, 3.63) is 36.0 Å². The Morgan fingerprint density at radius 3 is 2.76 bits per heavy atom. The normalized spacial score (nSPS) is 15.7. The van der Waals surface area contributed by atoms with E-state index in [1.54, 1.807) is 0 Å². The average Bonchev–Trinajstić information content (AvgIpc) is 2.91. The molecule has 1 fully saturated rings. The summed E-state index contributed by atoms with van der Waals surface area (Å²) in [5.74, 6) is 1.11. The quantitative estimate of drug-likeness (QED) is 0.856. The highest BCUT2D eigenvalue weighted by Crippen LogP contribution is 2.29. The van der Waals surface area contributed by atoms with Crippen LogP contribution < -0.4 is 10.6 Å². The Hall–Kier alpha value is -1.61. The van der Waals surface area contributed by atoms with Crippen molar-refractivity contribution >= 4 is 16.6 Å². The molecule has 1 aliphatic rings. The Balaban J connectivity index is 2.22. The lowest BCUT2D eigenvalue weighted by molar-refractivity contribution is 0.943. The Morgan fingerprint density at radius 2 is 2.00 bits per heavy atom. The molecule has 3 rings (SSSR count). The van der Waals surface area contributed by atoms with Crippen LogP contribution in [0.2, 0.25) is 0 Å². The predicted molar refractivity (Wildman–Crippen MR) is 71.1 cm³/mol. The highest BCUT2D eigenvalue weighted by atomic mass is 15.2. The summed E-state index contributed by atoms with van der Waals surface area (Å²) in [4.78, 5) is 6.94. The topological polar surface area (TPSA) is 42.1 Å². The maximum absolute atomic E-state index is 5.84. The molecule has 88 valence electrons. The first kappa shape index (κ1) is 10.5. The molecule has 1 saturated heterocycles. The van der Waals surface area contributed by atoms with E-state index in [-0.39, 0.29) is 0 Å². The number of anilines is 1. The zero-order valence-electron chi connectivity index (χ0n) is 9.89. The third kappa shape index (κ3) is 1.76. The molecule has 0 spiro atoms. The van der Waals surface area contributed by atoms with Gasteiger partial charge in [0.2, 0.25) is 0 Å². The van der Waals surface area contributed by atoms with Crippen LogP contribution in [0.3, 0.4) is 0 Å². The molecule has 0 bridgehead atoms. The Kier molecular flexibility index (Phi) is 2.69. The van der Waals surface area contributed by atoms with Crippen molar-refractivity contribution in [2.45, 2.75) is 19.4 Å². The highest BCUT2D eigenvalue weighted by molar-refractivity contribution is 5.95. The van der Waals surface area contributed by atoms with Crippen LogP contribution in [-0.4, -0.2) is 18.1 Å². The SMILES string of the molecule is NCc1cccc2ccnc(N3CCCC3)c12. The molecule has 3 nitrogen and oxygen atoms in total. The number of aromatic nitrogens is 1. The van der Waals surface area contributed by atoms with Crippen molar-refractivity contribution in [3.8, 4) is 0 Å². The number of hydrogen-bond donors (Lipinski definition) is 1. The van der Waals surface area contributed by atoms with Gasteiger partial charge in [-0.2, -0.15) is 0 Å². The average molecular weight is 227 g/mol. The molecule has 0 unspecified atom stereocenters. The second-order valence-corrected chi connectivity index (χ2v) is 4.55. The minimum atomic E-state index is 0.573. The van der Waals surface area contributed by atoms with Gasteiger partial charge in [0.1, 0.15) is 5.82 Å². The lowest BCUT2D eigenvalue weighted by Crippen LogP contribution is -2.19. The van der Waals surface area contributed by atoms with Crippen molar-refractivity contribution in [1.29, 1.82) is 0 Å². The van der Waals surface area contributed by atoms with Gasteiger partial charge in [-0.1, -0.05) is 18.2 Å². The maximum atomic E-state index is 5.84. The summed E-state index contributed by atoms with van der Waals surface area (Å²) >= 11 is 0. The summed E-state index contributed by atoms with van der Waals surface area (Å²) in [5.41, 5.74) is 7.03. The summed E-state index contributed by atoms with van der Waals surface area (Å²) < 4.78 is 0. The van der Waals surface area contributed by atoms with Gasteiger partial charge in [0, 0.05) is 31.2 Å². The van der Waals surface area contributed by atoms with E-state index in [1.807, 2.05) is 6.20 Å². The molecule has 0 radical (unpaired) electrons. The molecule has 17 heavy (non-hydrogen) atoms. The van der Waals surface area contributed by atoms with Crippen LogP contribution in [0.4, 0.5) is 5.82 Å². The predicted octanol–water partition coefficient (Wildman–Crippen LogP) is 2.29. The van der Waals surface area contributed by atoms with Gasteiger partial charge in [-0.15, -0.1) is 0 Å². The first-order valence-corrected chi connectivity index (χ1v) is 6.22. The molecule has 2 N–H and O–H groups in total. The molecular weight excluding hydrogens is 210 g/mol. The molecule has 0 amide bonds. The molecule has 0 aliphatic carbocycles. The van der Waals surface area contributed by atoms with Crippen molar-refractivity contribution in [3.63, 3.8) is 0 Å². The Morgan fingerprint density at radius 1 is 1.18 bits per heavy atom. The number of benzene rings is 1. The van der Waals surface area contributed by atoms with E-state index in [2.05, 4.69) is 34.1 Å². The number of hydrogen-bond acceptors (Lipinski definition) is 3.